The van der Waals surface area contributed by atoms with E-state index in [0.717, 1.165) is 11.1 Å². The predicted octanol–water partition coefficient (Wildman–Crippen LogP) is 5.22. The summed E-state index contributed by atoms with van der Waals surface area (Å²) in [6, 6.07) is 13.2. The van der Waals surface area contributed by atoms with Crippen LogP contribution in [0.4, 0.5) is 4.79 Å². The molecule has 7 heteroatoms. The van der Waals surface area contributed by atoms with Crippen LogP contribution in [0.15, 0.2) is 57.7 Å². The summed E-state index contributed by atoms with van der Waals surface area (Å²) in [5.74, 6) is -0.658. The van der Waals surface area contributed by atoms with Crippen molar-refractivity contribution >= 4 is 23.0 Å². The topological polar surface area (TPSA) is 94.8 Å². The van der Waals surface area contributed by atoms with Crippen molar-refractivity contribution < 1.29 is 23.5 Å². The number of nitrogens with one attached hydrogen (secondary N) is 1. The van der Waals surface area contributed by atoms with Crippen molar-refractivity contribution in [1.82, 2.24) is 5.32 Å². The van der Waals surface area contributed by atoms with E-state index in [1.807, 2.05) is 37.3 Å². The second-order valence-electron chi connectivity index (χ2n) is 9.27. The summed E-state index contributed by atoms with van der Waals surface area (Å²) < 4.78 is 16.5. The molecule has 0 spiro atoms. The monoisotopic (exact) mass is 451 g/mol. The van der Waals surface area contributed by atoms with Gasteiger partial charge in [-0.05, 0) is 56.9 Å². The Morgan fingerprint density at radius 2 is 1.70 bits per heavy atom. The van der Waals surface area contributed by atoms with Crippen molar-refractivity contribution in [2.45, 2.75) is 53.2 Å². The molecule has 0 fully saturated rings. The van der Waals surface area contributed by atoms with E-state index in [-0.39, 0.29) is 11.7 Å². The van der Waals surface area contributed by atoms with Gasteiger partial charge in [-0.15, -0.1) is 0 Å². The minimum Gasteiger partial charge on any atom is -0.444 e. The van der Waals surface area contributed by atoms with Crippen LogP contribution >= 0.6 is 0 Å². The summed E-state index contributed by atoms with van der Waals surface area (Å²) in [5, 5.41) is 3.10. The van der Waals surface area contributed by atoms with E-state index in [1.54, 1.807) is 46.8 Å². The van der Waals surface area contributed by atoms with Gasteiger partial charge >= 0.3 is 17.7 Å². The first-order valence-electron chi connectivity index (χ1n) is 10.8. The Kier molecular flexibility index (Phi) is 6.91. The Labute approximate surface area is 192 Å². The molecule has 0 bridgehead atoms. The lowest BCUT2D eigenvalue weighted by molar-refractivity contribution is -0.137. The lowest BCUT2D eigenvalue weighted by Gasteiger charge is -2.25. The van der Waals surface area contributed by atoms with Crippen LogP contribution in [-0.4, -0.2) is 23.7 Å². The number of alkyl carbamates (subject to hydrolysis) is 1. The van der Waals surface area contributed by atoms with Gasteiger partial charge in [0, 0.05) is 11.6 Å². The number of aryl methyl sites for hydroxylation is 1. The third-order valence-corrected chi connectivity index (χ3v) is 4.84. The van der Waals surface area contributed by atoms with E-state index in [2.05, 4.69) is 5.32 Å². The number of benzene rings is 2. The second kappa shape index (κ2) is 9.48. The van der Waals surface area contributed by atoms with Crippen molar-refractivity contribution in [3.8, 4) is 16.9 Å². The average molecular weight is 452 g/mol. The van der Waals surface area contributed by atoms with Crippen molar-refractivity contribution in [3.05, 3.63) is 64.5 Å². The van der Waals surface area contributed by atoms with Gasteiger partial charge in [0.2, 0.25) is 0 Å². The summed E-state index contributed by atoms with van der Waals surface area (Å²) in [6.07, 6.45) is -0.705. The lowest BCUT2D eigenvalue weighted by Crippen LogP contribution is -2.48. The molecule has 1 N–H and O–H groups in total. The molecule has 0 saturated carbocycles. The van der Waals surface area contributed by atoms with Gasteiger partial charge in [-0.25, -0.2) is 14.4 Å². The fraction of sp³-hybridized carbons (Fsp3) is 0.346. The molecule has 1 aromatic heterocycles. The van der Waals surface area contributed by atoms with Crippen LogP contribution < -0.4 is 15.7 Å². The summed E-state index contributed by atoms with van der Waals surface area (Å²) in [4.78, 5) is 37.6. The fourth-order valence-electron chi connectivity index (χ4n) is 3.42. The molecule has 0 aliphatic heterocycles. The number of amides is 1. The van der Waals surface area contributed by atoms with E-state index >= 15 is 0 Å². The van der Waals surface area contributed by atoms with Crippen LogP contribution in [0.2, 0.25) is 0 Å². The van der Waals surface area contributed by atoms with E-state index in [1.165, 1.54) is 6.07 Å². The number of rotatable bonds is 5. The Balaban J connectivity index is 2.03. The van der Waals surface area contributed by atoms with Crippen molar-refractivity contribution in [1.29, 1.82) is 0 Å². The highest BCUT2D eigenvalue weighted by atomic mass is 16.6. The molecule has 174 valence electrons. The minimum absolute atomic E-state index is 0.245. The SMILES string of the molecule is Cc1cc(OC(=O)[C@H](NC(=O)OC(C)(C)C)C(C)C)c2c(-c3ccccc3)cc(=O)oc2c1. The van der Waals surface area contributed by atoms with Gasteiger partial charge in [-0.3, -0.25) is 0 Å². The van der Waals surface area contributed by atoms with Gasteiger partial charge in [0.05, 0.1) is 5.39 Å². The summed E-state index contributed by atoms with van der Waals surface area (Å²) in [5.41, 5.74) is 1.22. The molecule has 0 unspecified atom stereocenters. The zero-order valence-electron chi connectivity index (χ0n) is 19.7. The normalized spacial score (nSPS) is 12.5. The molecule has 1 heterocycles. The number of hydrogen-bond donors (Lipinski definition) is 1. The summed E-state index contributed by atoms with van der Waals surface area (Å²) in [7, 11) is 0. The fourth-order valence-corrected chi connectivity index (χ4v) is 3.42. The molecule has 1 amide bonds. The summed E-state index contributed by atoms with van der Waals surface area (Å²) in [6.45, 7) is 10.6. The van der Waals surface area contributed by atoms with Crippen molar-refractivity contribution in [2.75, 3.05) is 0 Å². The number of esters is 1. The molecule has 0 saturated heterocycles. The Morgan fingerprint density at radius 3 is 2.30 bits per heavy atom. The molecule has 1 atom stereocenters. The third kappa shape index (κ3) is 6.00. The minimum atomic E-state index is -0.939. The highest BCUT2D eigenvalue weighted by Crippen LogP contribution is 2.35. The van der Waals surface area contributed by atoms with Crippen LogP contribution in [0.3, 0.4) is 0 Å². The number of hydrogen-bond acceptors (Lipinski definition) is 6. The third-order valence-electron chi connectivity index (χ3n) is 4.84. The molecular weight excluding hydrogens is 422 g/mol. The van der Waals surface area contributed by atoms with E-state index in [0.29, 0.717) is 16.5 Å². The van der Waals surface area contributed by atoms with E-state index in [4.69, 9.17) is 13.9 Å². The van der Waals surface area contributed by atoms with Crippen LogP contribution in [0, 0.1) is 12.8 Å². The van der Waals surface area contributed by atoms with Gasteiger partial charge in [-0.1, -0.05) is 44.2 Å². The van der Waals surface area contributed by atoms with Gasteiger partial charge in [-0.2, -0.15) is 0 Å². The maximum Gasteiger partial charge on any atom is 0.408 e. The van der Waals surface area contributed by atoms with E-state index < -0.39 is 29.3 Å². The molecular formula is C26H29NO6. The molecule has 2 aromatic carbocycles. The van der Waals surface area contributed by atoms with Crippen LogP contribution in [-0.2, 0) is 9.53 Å². The van der Waals surface area contributed by atoms with E-state index in [9.17, 15) is 14.4 Å². The highest BCUT2D eigenvalue weighted by Gasteiger charge is 2.29. The standard InChI is InChI=1S/C26H29NO6/c1-15(2)23(27-25(30)33-26(4,5)6)24(29)32-20-13-16(3)12-19-22(20)18(14-21(28)31-19)17-10-8-7-9-11-17/h7-15,23H,1-6H3,(H,27,30)/t23-/m1/s1. The molecule has 7 nitrogen and oxygen atoms in total. The van der Waals surface area contributed by atoms with Crippen molar-refractivity contribution in [3.63, 3.8) is 0 Å². The average Bonchev–Trinajstić information content (AvgIpc) is 2.70. The Morgan fingerprint density at radius 1 is 1.03 bits per heavy atom. The van der Waals surface area contributed by atoms with Gasteiger partial charge in [0.25, 0.3) is 0 Å². The zero-order valence-corrected chi connectivity index (χ0v) is 19.7. The molecule has 3 rings (SSSR count). The number of ether oxygens (including phenoxy) is 2. The molecule has 0 aliphatic carbocycles. The maximum absolute atomic E-state index is 13.1. The van der Waals surface area contributed by atoms with Crippen LogP contribution in [0.5, 0.6) is 5.75 Å². The first-order chi connectivity index (χ1) is 15.4. The van der Waals surface area contributed by atoms with Crippen LogP contribution in [0.1, 0.15) is 40.2 Å². The predicted molar refractivity (Wildman–Crippen MR) is 126 cm³/mol. The Hall–Kier alpha value is -3.61. The zero-order chi connectivity index (χ0) is 24.3. The lowest BCUT2D eigenvalue weighted by atomic mass is 10.00. The van der Waals surface area contributed by atoms with Crippen molar-refractivity contribution in [2.24, 2.45) is 5.92 Å². The number of carbonyl (C=O) groups is 2. The molecule has 3 aromatic rings. The maximum atomic E-state index is 13.1. The second-order valence-corrected chi connectivity index (χ2v) is 9.27. The molecule has 0 aliphatic rings. The van der Waals surface area contributed by atoms with Gasteiger partial charge in [0.1, 0.15) is 23.0 Å². The van der Waals surface area contributed by atoms with Gasteiger partial charge < -0.3 is 19.2 Å². The number of carbonyl (C=O) groups excluding carboxylic acids is 2. The quantitative estimate of drug-likeness (QED) is 0.325. The highest BCUT2D eigenvalue weighted by molar-refractivity contribution is 5.99. The largest absolute Gasteiger partial charge is 0.444 e. The van der Waals surface area contributed by atoms with Gasteiger partial charge in [0.15, 0.2) is 0 Å². The smallest absolute Gasteiger partial charge is 0.408 e. The molecule has 33 heavy (non-hydrogen) atoms. The van der Waals surface area contributed by atoms with Crippen LogP contribution in [0.25, 0.3) is 22.1 Å². The Bertz CT molecular complexity index is 1220. The first kappa shape index (κ1) is 24.0. The summed E-state index contributed by atoms with van der Waals surface area (Å²) >= 11 is 0. The molecule has 0 radical (unpaired) electrons. The first-order valence-corrected chi connectivity index (χ1v) is 10.8. The number of fused-ring (bicyclic) bond motifs is 1.